The van der Waals surface area contributed by atoms with Crippen LogP contribution in [0.2, 0.25) is 0 Å². The van der Waals surface area contributed by atoms with Crippen molar-refractivity contribution in [3.63, 3.8) is 0 Å². The van der Waals surface area contributed by atoms with E-state index in [-0.39, 0.29) is 0 Å². The van der Waals surface area contributed by atoms with Gasteiger partial charge in [-0.2, -0.15) is 11.8 Å². The van der Waals surface area contributed by atoms with Crippen LogP contribution >= 0.6 is 24.4 Å². The first-order valence-corrected chi connectivity index (χ1v) is 8.17. The van der Waals surface area contributed by atoms with Crippen molar-refractivity contribution >= 4 is 36.3 Å². The SMILES string of the molecule is CSCCOc1ccc(C=Nc2ccc(S)cc2)cc1. The van der Waals surface area contributed by atoms with Gasteiger partial charge in [-0.25, -0.2) is 0 Å². The van der Waals surface area contributed by atoms with Gasteiger partial charge in [0.05, 0.1) is 12.3 Å². The number of rotatable bonds is 6. The highest BCUT2D eigenvalue weighted by Gasteiger charge is 1.94. The molecule has 2 aromatic rings. The van der Waals surface area contributed by atoms with Crippen LogP contribution in [0.1, 0.15) is 5.56 Å². The Bertz CT molecular complexity index is 550. The highest BCUT2D eigenvalue weighted by atomic mass is 32.2. The number of ether oxygens (including phenoxy) is 1. The Labute approximate surface area is 129 Å². The molecule has 0 aliphatic carbocycles. The van der Waals surface area contributed by atoms with Gasteiger partial charge in [0, 0.05) is 16.9 Å². The van der Waals surface area contributed by atoms with Crippen molar-refractivity contribution in [1.29, 1.82) is 0 Å². The molecule has 0 saturated heterocycles. The first kappa shape index (κ1) is 15.0. The summed E-state index contributed by atoms with van der Waals surface area (Å²) in [5.74, 6) is 1.90. The monoisotopic (exact) mass is 303 g/mol. The lowest BCUT2D eigenvalue weighted by molar-refractivity contribution is 0.344. The number of thiol groups is 1. The fourth-order valence-electron chi connectivity index (χ4n) is 1.58. The number of hydrogen-bond acceptors (Lipinski definition) is 4. The Morgan fingerprint density at radius 3 is 2.45 bits per heavy atom. The Hall–Kier alpha value is -1.39. The van der Waals surface area contributed by atoms with E-state index in [9.17, 15) is 0 Å². The predicted octanol–water partition coefficient (Wildman–Crippen LogP) is 4.47. The second kappa shape index (κ2) is 8.02. The van der Waals surface area contributed by atoms with Crippen LogP contribution in [0.5, 0.6) is 5.75 Å². The highest BCUT2D eigenvalue weighted by molar-refractivity contribution is 7.98. The van der Waals surface area contributed by atoms with Crippen LogP contribution in [0, 0.1) is 0 Å². The summed E-state index contributed by atoms with van der Waals surface area (Å²) in [5.41, 5.74) is 1.97. The molecule has 2 nitrogen and oxygen atoms in total. The molecule has 0 heterocycles. The maximum absolute atomic E-state index is 5.60. The van der Waals surface area contributed by atoms with Crippen LogP contribution < -0.4 is 4.74 Å². The topological polar surface area (TPSA) is 21.6 Å². The fraction of sp³-hybridized carbons (Fsp3) is 0.188. The average molecular weight is 303 g/mol. The Morgan fingerprint density at radius 1 is 1.10 bits per heavy atom. The molecule has 104 valence electrons. The van der Waals surface area contributed by atoms with Crippen LogP contribution in [0.15, 0.2) is 58.4 Å². The van der Waals surface area contributed by atoms with Gasteiger partial charge in [0.15, 0.2) is 0 Å². The molecular weight excluding hydrogens is 286 g/mol. The Kier molecular flexibility index (Phi) is 6.02. The number of benzene rings is 2. The van der Waals surface area contributed by atoms with E-state index < -0.39 is 0 Å². The zero-order chi connectivity index (χ0) is 14.2. The molecule has 0 saturated carbocycles. The third-order valence-electron chi connectivity index (χ3n) is 2.65. The van der Waals surface area contributed by atoms with Crippen molar-refractivity contribution in [3.05, 3.63) is 54.1 Å². The molecule has 0 bridgehead atoms. The van der Waals surface area contributed by atoms with Gasteiger partial charge < -0.3 is 4.74 Å². The molecule has 20 heavy (non-hydrogen) atoms. The van der Waals surface area contributed by atoms with E-state index in [1.54, 1.807) is 11.8 Å². The molecule has 0 unspecified atom stereocenters. The van der Waals surface area contributed by atoms with Gasteiger partial charge in [-0.05, 0) is 60.4 Å². The van der Waals surface area contributed by atoms with Gasteiger partial charge in [-0.1, -0.05) is 0 Å². The first-order valence-electron chi connectivity index (χ1n) is 6.33. The van der Waals surface area contributed by atoms with Gasteiger partial charge in [0.2, 0.25) is 0 Å². The lowest BCUT2D eigenvalue weighted by Crippen LogP contribution is -1.99. The molecule has 2 rings (SSSR count). The van der Waals surface area contributed by atoms with Crippen molar-refractivity contribution in [1.82, 2.24) is 0 Å². The summed E-state index contributed by atoms with van der Waals surface area (Å²) >= 11 is 6.03. The molecule has 0 aliphatic rings. The van der Waals surface area contributed by atoms with Crippen molar-refractivity contribution in [2.45, 2.75) is 4.90 Å². The summed E-state index contributed by atoms with van der Waals surface area (Å²) in [6.45, 7) is 0.741. The molecule has 0 aromatic heterocycles. The number of hydrogen-bond donors (Lipinski definition) is 1. The van der Waals surface area contributed by atoms with Gasteiger partial charge in [-0.3, -0.25) is 4.99 Å². The Balaban J connectivity index is 1.94. The minimum absolute atomic E-state index is 0.741. The number of nitrogens with zero attached hydrogens (tertiary/aromatic N) is 1. The van der Waals surface area contributed by atoms with Crippen LogP contribution in [-0.2, 0) is 0 Å². The van der Waals surface area contributed by atoms with Crippen molar-refractivity contribution < 1.29 is 4.74 Å². The lowest BCUT2D eigenvalue weighted by Gasteiger charge is -2.04. The number of thioether (sulfide) groups is 1. The van der Waals surface area contributed by atoms with E-state index in [0.29, 0.717) is 0 Å². The Morgan fingerprint density at radius 2 is 1.80 bits per heavy atom. The smallest absolute Gasteiger partial charge is 0.119 e. The first-order chi connectivity index (χ1) is 9.78. The predicted molar refractivity (Wildman–Crippen MR) is 91.3 cm³/mol. The minimum Gasteiger partial charge on any atom is -0.493 e. The second-order valence-electron chi connectivity index (χ2n) is 4.18. The van der Waals surface area contributed by atoms with Crippen molar-refractivity contribution in [2.24, 2.45) is 4.99 Å². The summed E-state index contributed by atoms with van der Waals surface area (Å²) in [5, 5.41) is 0. The molecule has 0 N–H and O–H groups in total. The maximum Gasteiger partial charge on any atom is 0.119 e. The summed E-state index contributed by atoms with van der Waals surface area (Å²) < 4.78 is 5.60. The van der Waals surface area contributed by atoms with E-state index in [0.717, 1.165) is 34.3 Å². The molecule has 0 fully saturated rings. The lowest BCUT2D eigenvalue weighted by atomic mass is 10.2. The minimum atomic E-state index is 0.741. The van der Waals surface area contributed by atoms with E-state index in [1.165, 1.54) is 0 Å². The summed E-state index contributed by atoms with van der Waals surface area (Å²) in [6.07, 6.45) is 3.92. The number of aliphatic imine (C=N–C) groups is 1. The third-order valence-corrected chi connectivity index (χ3v) is 3.52. The van der Waals surface area contributed by atoms with Crippen LogP contribution in [-0.4, -0.2) is 24.8 Å². The molecule has 0 radical (unpaired) electrons. The molecule has 0 amide bonds. The average Bonchev–Trinajstić information content (AvgIpc) is 2.48. The summed E-state index contributed by atoms with van der Waals surface area (Å²) in [4.78, 5) is 5.36. The molecule has 0 aliphatic heterocycles. The molecule has 4 heteroatoms. The zero-order valence-electron chi connectivity index (χ0n) is 11.3. The standard InChI is InChI=1S/C16H17NOS2/c1-20-11-10-18-15-6-2-13(3-7-15)12-17-14-4-8-16(19)9-5-14/h2-9,12,19H,10-11H2,1H3. The van der Waals surface area contributed by atoms with E-state index in [4.69, 9.17) is 4.74 Å². The molecule has 0 atom stereocenters. The zero-order valence-corrected chi connectivity index (χ0v) is 13.0. The van der Waals surface area contributed by atoms with E-state index >= 15 is 0 Å². The maximum atomic E-state index is 5.60. The molecule has 0 spiro atoms. The normalized spacial score (nSPS) is 10.9. The van der Waals surface area contributed by atoms with Crippen molar-refractivity contribution in [2.75, 3.05) is 18.6 Å². The van der Waals surface area contributed by atoms with Crippen LogP contribution in [0.3, 0.4) is 0 Å². The van der Waals surface area contributed by atoms with E-state index in [2.05, 4.69) is 23.9 Å². The van der Waals surface area contributed by atoms with Crippen LogP contribution in [0.4, 0.5) is 5.69 Å². The summed E-state index contributed by atoms with van der Waals surface area (Å²) in [7, 11) is 0. The fourth-order valence-corrected chi connectivity index (χ4v) is 1.98. The molecular formula is C16H17NOS2. The van der Waals surface area contributed by atoms with Gasteiger partial charge in [0.1, 0.15) is 5.75 Å². The third kappa shape index (κ3) is 4.94. The second-order valence-corrected chi connectivity index (χ2v) is 5.69. The quantitative estimate of drug-likeness (QED) is 0.483. The summed E-state index contributed by atoms with van der Waals surface area (Å²) in [6, 6.07) is 15.7. The van der Waals surface area contributed by atoms with E-state index in [1.807, 2.05) is 54.7 Å². The van der Waals surface area contributed by atoms with Gasteiger partial charge in [0.25, 0.3) is 0 Å². The molecule has 2 aromatic carbocycles. The van der Waals surface area contributed by atoms with Gasteiger partial charge in [-0.15, -0.1) is 12.6 Å². The highest BCUT2D eigenvalue weighted by Crippen LogP contribution is 2.16. The van der Waals surface area contributed by atoms with Crippen molar-refractivity contribution in [3.8, 4) is 5.75 Å². The van der Waals surface area contributed by atoms with Crippen LogP contribution in [0.25, 0.3) is 0 Å². The largest absolute Gasteiger partial charge is 0.493 e. The van der Waals surface area contributed by atoms with Gasteiger partial charge >= 0.3 is 0 Å².